The molecule has 3 amide bonds. The standard InChI is InChI=1S/C46H49N3O10/c1-29(50)34-21-16-32(17-22-34)12-8-26-58-43(45(56)47-40-37-15-7-6-14-36(37)28-38(40)52)41(54)42(55)44(59-27-9-13-33-18-23-35(24-19-33)30(2)51)46(57)49-48-39(53)25-20-31-10-4-3-5-11-31/h3-19,21-24,38,40-44,52,54-55H,20,25-28H2,1-2H3,(H,47,56)(H,48,53)(H,49,57)/b12-8+,13-9+/t38-,40+,41-,42-,43-,44-/m1/s1. The fourth-order valence-electron chi connectivity index (χ4n) is 6.51. The molecule has 5 rings (SSSR count). The van der Waals surface area contributed by atoms with Crippen LogP contribution in [0.5, 0.6) is 0 Å². The van der Waals surface area contributed by atoms with Crippen molar-refractivity contribution in [1.29, 1.82) is 0 Å². The molecule has 13 heteroatoms. The molecule has 0 spiro atoms. The second kappa shape index (κ2) is 21.6. The average molecular weight is 804 g/mol. The molecule has 1 aliphatic carbocycles. The van der Waals surface area contributed by atoms with E-state index in [1.807, 2.05) is 42.5 Å². The summed E-state index contributed by atoms with van der Waals surface area (Å²) >= 11 is 0. The number of amides is 3. The van der Waals surface area contributed by atoms with Crippen LogP contribution in [0.1, 0.15) is 74.8 Å². The van der Waals surface area contributed by atoms with E-state index in [1.165, 1.54) is 13.8 Å². The van der Waals surface area contributed by atoms with Crippen LogP contribution in [0.15, 0.2) is 115 Å². The Morgan fingerprint density at radius 1 is 0.678 bits per heavy atom. The number of hydrogen-bond donors (Lipinski definition) is 6. The van der Waals surface area contributed by atoms with Gasteiger partial charge in [0.1, 0.15) is 12.2 Å². The first kappa shape index (κ1) is 44.0. The normalized spacial score (nSPS) is 16.8. The minimum Gasteiger partial charge on any atom is -0.390 e. The van der Waals surface area contributed by atoms with Crippen molar-refractivity contribution in [1.82, 2.24) is 16.2 Å². The predicted molar refractivity (Wildman–Crippen MR) is 221 cm³/mol. The highest BCUT2D eigenvalue weighted by molar-refractivity contribution is 5.94. The van der Waals surface area contributed by atoms with Gasteiger partial charge in [0.15, 0.2) is 23.8 Å². The van der Waals surface area contributed by atoms with Crippen LogP contribution in [-0.4, -0.2) is 88.3 Å². The quantitative estimate of drug-likeness (QED) is 0.0598. The molecule has 1 aliphatic rings. The molecule has 0 bridgehead atoms. The van der Waals surface area contributed by atoms with Crippen LogP contribution in [-0.2, 0) is 36.7 Å². The zero-order valence-corrected chi connectivity index (χ0v) is 32.8. The van der Waals surface area contributed by atoms with Crippen molar-refractivity contribution < 1.29 is 48.8 Å². The zero-order chi connectivity index (χ0) is 42.3. The van der Waals surface area contributed by atoms with Gasteiger partial charge < -0.3 is 30.1 Å². The van der Waals surface area contributed by atoms with Crippen molar-refractivity contribution in [2.45, 2.75) is 69.7 Å². The highest BCUT2D eigenvalue weighted by Gasteiger charge is 2.42. The Kier molecular flexibility index (Phi) is 16.1. The smallest absolute Gasteiger partial charge is 0.270 e. The van der Waals surface area contributed by atoms with Gasteiger partial charge in [-0.3, -0.25) is 34.8 Å². The molecule has 0 saturated heterocycles. The Hall–Kier alpha value is -6.09. The van der Waals surface area contributed by atoms with E-state index in [0.717, 1.165) is 22.3 Å². The number of ketones is 2. The number of carbonyl (C=O) groups is 5. The van der Waals surface area contributed by atoms with Gasteiger partial charge in [-0.25, -0.2) is 0 Å². The van der Waals surface area contributed by atoms with Crippen molar-refractivity contribution >= 4 is 41.4 Å². The second-order valence-corrected chi connectivity index (χ2v) is 14.1. The summed E-state index contributed by atoms with van der Waals surface area (Å²) in [7, 11) is 0. The van der Waals surface area contributed by atoms with Crippen LogP contribution in [0, 0.1) is 0 Å². The number of nitrogens with one attached hydrogen (secondary N) is 3. The second-order valence-electron chi connectivity index (χ2n) is 14.1. The Balaban J connectivity index is 1.33. The van der Waals surface area contributed by atoms with Crippen LogP contribution in [0.2, 0.25) is 0 Å². The fourth-order valence-corrected chi connectivity index (χ4v) is 6.51. The number of carbonyl (C=O) groups excluding carboxylic acids is 5. The SMILES string of the molecule is CC(=O)c1ccc(/C=C/CO[C@@H](C(=O)NNC(=O)CCc2ccccc2)[C@H](O)[C@@H](O)[C@@H](OC/C=C/c2ccc(C(C)=O)cc2)C(=O)N[C@H]2c3ccccc3C[C@H]2O)cc1. The van der Waals surface area contributed by atoms with Crippen LogP contribution in [0.4, 0.5) is 0 Å². The largest absolute Gasteiger partial charge is 0.390 e. The lowest BCUT2D eigenvalue weighted by Gasteiger charge is -2.31. The van der Waals surface area contributed by atoms with Gasteiger partial charge in [-0.05, 0) is 48.1 Å². The first-order valence-electron chi connectivity index (χ1n) is 19.2. The third-order valence-corrected chi connectivity index (χ3v) is 9.80. The van der Waals surface area contributed by atoms with Gasteiger partial charge in [0, 0.05) is 24.0 Å². The van der Waals surface area contributed by atoms with Crippen molar-refractivity contribution in [3.63, 3.8) is 0 Å². The Labute approximate surface area is 342 Å². The zero-order valence-electron chi connectivity index (χ0n) is 32.8. The number of benzene rings is 4. The molecule has 0 fully saturated rings. The van der Waals surface area contributed by atoms with E-state index in [9.17, 15) is 39.3 Å². The summed E-state index contributed by atoms with van der Waals surface area (Å²) in [5, 5.41) is 36.9. The third-order valence-electron chi connectivity index (χ3n) is 9.80. The number of rotatable bonds is 19. The maximum atomic E-state index is 13.9. The van der Waals surface area contributed by atoms with Crippen LogP contribution < -0.4 is 16.2 Å². The molecule has 0 unspecified atom stereocenters. The molecule has 6 atom stereocenters. The maximum absolute atomic E-state index is 13.9. The molecule has 308 valence electrons. The summed E-state index contributed by atoms with van der Waals surface area (Å²) in [4.78, 5) is 63.5. The minimum absolute atomic E-state index is 0.0345. The minimum atomic E-state index is -2.08. The Morgan fingerprint density at radius 3 is 1.73 bits per heavy atom. The summed E-state index contributed by atoms with van der Waals surface area (Å²) in [5.41, 5.74) is 9.51. The van der Waals surface area contributed by atoms with Gasteiger partial charge in [0.2, 0.25) is 5.91 Å². The van der Waals surface area contributed by atoms with Gasteiger partial charge in [-0.2, -0.15) is 0 Å². The molecule has 13 nitrogen and oxygen atoms in total. The summed E-state index contributed by atoms with van der Waals surface area (Å²) in [6.45, 7) is 2.43. The maximum Gasteiger partial charge on any atom is 0.270 e. The van der Waals surface area contributed by atoms with Crippen molar-refractivity contribution in [3.05, 3.63) is 154 Å². The predicted octanol–water partition coefficient (Wildman–Crippen LogP) is 3.87. The highest BCUT2D eigenvalue weighted by Crippen LogP contribution is 2.31. The van der Waals surface area contributed by atoms with E-state index in [1.54, 1.807) is 85.0 Å². The Bertz CT molecular complexity index is 2120. The number of Topliss-reactive ketones (excluding diaryl/α,β-unsaturated/α-hetero) is 2. The van der Waals surface area contributed by atoms with E-state index < -0.39 is 54.3 Å². The van der Waals surface area contributed by atoms with E-state index in [2.05, 4.69) is 16.2 Å². The third kappa shape index (κ3) is 12.7. The number of ether oxygens (including phenoxy) is 2. The molecule has 0 heterocycles. The van der Waals surface area contributed by atoms with E-state index in [0.29, 0.717) is 23.1 Å². The molecule has 6 N–H and O–H groups in total. The summed E-state index contributed by atoms with van der Waals surface area (Å²) in [6, 6.07) is 29.2. The number of aliphatic hydroxyl groups excluding tert-OH is 3. The molecule has 4 aromatic carbocycles. The molecular weight excluding hydrogens is 755 g/mol. The van der Waals surface area contributed by atoms with Crippen LogP contribution >= 0.6 is 0 Å². The summed E-state index contributed by atoms with van der Waals surface area (Å²) in [5.74, 6) is -2.59. The molecule has 0 aromatic heterocycles. The van der Waals surface area contributed by atoms with Crippen molar-refractivity contribution in [3.8, 4) is 0 Å². The van der Waals surface area contributed by atoms with Gasteiger partial charge >= 0.3 is 0 Å². The lowest BCUT2D eigenvalue weighted by molar-refractivity contribution is -0.166. The van der Waals surface area contributed by atoms with Gasteiger partial charge in [-0.1, -0.05) is 127 Å². The number of aliphatic hydroxyl groups is 3. The van der Waals surface area contributed by atoms with Gasteiger partial charge in [-0.15, -0.1) is 0 Å². The topological polar surface area (TPSA) is 201 Å². The number of hydrazine groups is 1. The molecule has 4 aromatic rings. The van der Waals surface area contributed by atoms with Gasteiger partial charge in [0.25, 0.3) is 11.8 Å². The monoisotopic (exact) mass is 803 g/mol. The molecule has 0 radical (unpaired) electrons. The first-order chi connectivity index (χ1) is 28.4. The molecular formula is C46H49N3O10. The Morgan fingerprint density at radius 2 is 1.19 bits per heavy atom. The molecule has 59 heavy (non-hydrogen) atoms. The highest BCUT2D eigenvalue weighted by atomic mass is 16.5. The van der Waals surface area contributed by atoms with Gasteiger partial charge in [0.05, 0.1) is 25.4 Å². The number of aryl methyl sites for hydroxylation is 1. The summed E-state index contributed by atoms with van der Waals surface area (Å²) < 4.78 is 11.7. The molecule has 0 saturated carbocycles. The first-order valence-corrected chi connectivity index (χ1v) is 19.2. The van der Waals surface area contributed by atoms with Crippen LogP contribution in [0.3, 0.4) is 0 Å². The lowest BCUT2D eigenvalue weighted by atomic mass is 10.0. The number of hydrogen-bond acceptors (Lipinski definition) is 10. The average Bonchev–Trinajstić information content (AvgIpc) is 3.56. The number of fused-ring (bicyclic) bond motifs is 1. The van der Waals surface area contributed by atoms with E-state index in [4.69, 9.17) is 9.47 Å². The molecule has 0 aliphatic heterocycles. The summed E-state index contributed by atoms with van der Waals surface area (Å²) in [6.07, 6.45) is -1.58. The lowest BCUT2D eigenvalue weighted by Crippen LogP contribution is -2.58. The fraction of sp³-hybridized carbons (Fsp3) is 0.283. The van der Waals surface area contributed by atoms with E-state index in [-0.39, 0.29) is 37.6 Å². The van der Waals surface area contributed by atoms with Crippen molar-refractivity contribution in [2.75, 3.05) is 13.2 Å². The van der Waals surface area contributed by atoms with E-state index >= 15 is 0 Å². The van der Waals surface area contributed by atoms with Crippen LogP contribution in [0.25, 0.3) is 12.2 Å². The van der Waals surface area contributed by atoms with Crippen molar-refractivity contribution in [2.24, 2.45) is 0 Å².